The Balaban J connectivity index is 1.32. The van der Waals surface area contributed by atoms with Crippen LogP contribution in [0.4, 0.5) is 0 Å². The molecule has 4 rings (SSSR count). The second-order valence-electron chi connectivity index (χ2n) is 9.93. The van der Waals surface area contributed by atoms with Gasteiger partial charge in [0.2, 0.25) is 5.91 Å². The predicted molar refractivity (Wildman–Crippen MR) is 136 cm³/mol. The van der Waals surface area contributed by atoms with Crippen molar-refractivity contribution >= 4 is 5.91 Å². The molecular formula is C29H40N2O3. The first-order valence-electron chi connectivity index (χ1n) is 12.9. The number of ether oxygens (including phenoxy) is 2. The van der Waals surface area contributed by atoms with Gasteiger partial charge in [-0.1, -0.05) is 67.6 Å². The molecular weight excluding hydrogens is 424 g/mol. The third-order valence-electron chi connectivity index (χ3n) is 7.43. The van der Waals surface area contributed by atoms with Crippen LogP contribution in [0.2, 0.25) is 0 Å². The topological polar surface area (TPSA) is 42.0 Å². The lowest BCUT2D eigenvalue weighted by Gasteiger charge is -2.36. The molecule has 0 bridgehead atoms. The quantitative estimate of drug-likeness (QED) is 0.474. The highest BCUT2D eigenvalue weighted by molar-refractivity contribution is 5.76. The highest BCUT2D eigenvalue weighted by Gasteiger charge is 2.25. The average Bonchev–Trinajstić information content (AvgIpc) is 3.40. The minimum atomic E-state index is -0.0546. The van der Waals surface area contributed by atoms with Gasteiger partial charge in [-0.3, -0.25) is 9.69 Å². The van der Waals surface area contributed by atoms with E-state index < -0.39 is 0 Å². The van der Waals surface area contributed by atoms with Gasteiger partial charge in [0, 0.05) is 39.1 Å². The summed E-state index contributed by atoms with van der Waals surface area (Å²) >= 11 is 0. The van der Waals surface area contributed by atoms with Crippen LogP contribution >= 0.6 is 0 Å². The van der Waals surface area contributed by atoms with Crippen molar-refractivity contribution in [2.24, 2.45) is 5.92 Å². The Labute approximate surface area is 205 Å². The first-order valence-corrected chi connectivity index (χ1v) is 12.9. The van der Waals surface area contributed by atoms with Gasteiger partial charge in [-0.25, -0.2) is 0 Å². The van der Waals surface area contributed by atoms with E-state index in [4.69, 9.17) is 9.47 Å². The lowest BCUT2D eigenvalue weighted by atomic mass is 10.0. The van der Waals surface area contributed by atoms with E-state index in [1.54, 1.807) is 7.11 Å². The van der Waals surface area contributed by atoms with Crippen LogP contribution in [-0.4, -0.2) is 55.5 Å². The monoisotopic (exact) mass is 464 g/mol. The maximum atomic E-state index is 12.7. The Morgan fingerprint density at radius 1 is 1.03 bits per heavy atom. The first kappa shape index (κ1) is 24.7. The van der Waals surface area contributed by atoms with Gasteiger partial charge in [0.15, 0.2) is 0 Å². The van der Waals surface area contributed by atoms with Crippen molar-refractivity contribution in [2.75, 3.05) is 39.8 Å². The van der Waals surface area contributed by atoms with Gasteiger partial charge >= 0.3 is 0 Å². The Kier molecular flexibility index (Phi) is 9.00. The van der Waals surface area contributed by atoms with Crippen molar-refractivity contribution in [1.82, 2.24) is 9.80 Å². The Morgan fingerprint density at radius 3 is 2.47 bits per heavy atom. The van der Waals surface area contributed by atoms with Gasteiger partial charge in [-0.05, 0) is 42.5 Å². The van der Waals surface area contributed by atoms with Gasteiger partial charge in [0.1, 0.15) is 5.75 Å². The Hall–Kier alpha value is -2.37. The molecule has 5 nitrogen and oxygen atoms in total. The van der Waals surface area contributed by atoms with Crippen LogP contribution < -0.4 is 4.74 Å². The van der Waals surface area contributed by atoms with E-state index in [0.717, 1.165) is 62.8 Å². The molecule has 1 saturated carbocycles. The second kappa shape index (κ2) is 12.4. The van der Waals surface area contributed by atoms with Gasteiger partial charge in [0.25, 0.3) is 0 Å². The smallest absolute Gasteiger partial charge is 0.222 e. The summed E-state index contributed by atoms with van der Waals surface area (Å²) in [7, 11) is 1.70. The number of hydrogen-bond acceptors (Lipinski definition) is 4. The molecule has 0 N–H and O–H groups in total. The molecule has 1 amide bonds. The molecule has 2 aromatic rings. The van der Waals surface area contributed by atoms with E-state index in [1.807, 2.05) is 12.1 Å². The predicted octanol–water partition coefficient (Wildman–Crippen LogP) is 5.38. The number of aryl methyl sites for hydroxylation is 1. The van der Waals surface area contributed by atoms with Crippen LogP contribution in [0.3, 0.4) is 0 Å². The molecule has 34 heavy (non-hydrogen) atoms. The molecule has 1 atom stereocenters. The zero-order valence-corrected chi connectivity index (χ0v) is 20.9. The number of methoxy groups -OCH3 is 1. The number of benzene rings is 2. The molecule has 1 heterocycles. The molecule has 0 aromatic heterocycles. The van der Waals surface area contributed by atoms with Gasteiger partial charge in [0.05, 0.1) is 19.8 Å². The van der Waals surface area contributed by atoms with Crippen molar-refractivity contribution in [3.05, 3.63) is 65.2 Å². The fourth-order valence-electron chi connectivity index (χ4n) is 5.18. The molecule has 1 saturated heterocycles. The summed E-state index contributed by atoms with van der Waals surface area (Å²) in [5.74, 6) is 1.96. The van der Waals surface area contributed by atoms with Crippen molar-refractivity contribution in [3.63, 3.8) is 0 Å². The fourth-order valence-corrected chi connectivity index (χ4v) is 5.18. The van der Waals surface area contributed by atoms with Gasteiger partial charge < -0.3 is 14.4 Å². The van der Waals surface area contributed by atoms with E-state index >= 15 is 0 Å². The van der Waals surface area contributed by atoms with Crippen molar-refractivity contribution < 1.29 is 14.3 Å². The average molecular weight is 465 g/mol. The molecule has 184 valence electrons. The van der Waals surface area contributed by atoms with E-state index in [-0.39, 0.29) is 6.10 Å². The number of carbonyl (C=O) groups is 1. The Morgan fingerprint density at radius 2 is 1.76 bits per heavy atom. The van der Waals surface area contributed by atoms with Gasteiger partial charge in [-0.15, -0.1) is 0 Å². The van der Waals surface area contributed by atoms with Crippen LogP contribution in [-0.2, 0) is 16.1 Å². The van der Waals surface area contributed by atoms with Crippen LogP contribution in [0.5, 0.6) is 5.75 Å². The first-order chi connectivity index (χ1) is 16.6. The third-order valence-corrected chi connectivity index (χ3v) is 7.43. The molecule has 0 spiro atoms. The zero-order chi connectivity index (χ0) is 23.8. The normalized spacial score (nSPS) is 18.2. The number of piperazine rings is 1. The largest absolute Gasteiger partial charge is 0.497 e. The summed E-state index contributed by atoms with van der Waals surface area (Å²) in [5.41, 5.74) is 3.56. The van der Waals surface area contributed by atoms with Crippen molar-refractivity contribution in [2.45, 2.75) is 58.2 Å². The summed E-state index contributed by atoms with van der Waals surface area (Å²) in [6, 6.07) is 16.7. The van der Waals surface area contributed by atoms with E-state index in [2.05, 4.69) is 53.1 Å². The minimum Gasteiger partial charge on any atom is -0.497 e. The molecule has 2 aromatic carbocycles. The summed E-state index contributed by atoms with van der Waals surface area (Å²) in [4.78, 5) is 17.2. The lowest BCUT2D eigenvalue weighted by Crippen LogP contribution is -2.49. The highest BCUT2D eigenvalue weighted by Crippen LogP contribution is 2.29. The highest BCUT2D eigenvalue weighted by atomic mass is 16.5. The fraction of sp³-hybridized carbons (Fsp3) is 0.552. The summed E-state index contributed by atoms with van der Waals surface area (Å²) in [5, 5.41) is 0. The molecule has 0 radical (unpaired) electrons. The molecule has 2 fully saturated rings. The lowest BCUT2D eigenvalue weighted by molar-refractivity contribution is -0.133. The van der Waals surface area contributed by atoms with Crippen LogP contribution in [0.1, 0.15) is 61.3 Å². The maximum Gasteiger partial charge on any atom is 0.222 e. The molecule has 0 unspecified atom stereocenters. The summed E-state index contributed by atoms with van der Waals surface area (Å²) in [6.45, 7) is 6.89. The third kappa shape index (κ3) is 7.07. The maximum absolute atomic E-state index is 12.7. The standard InChI is InChI=1S/C29H40N2O3/c1-23-10-12-25(13-11-23)22-34-28(26-8-5-9-27(20-26)33-2)21-30-16-18-31(19-17-30)29(32)15-14-24-6-3-4-7-24/h5,8-13,20,24,28H,3-4,6-7,14-19,21-22H2,1-2H3/t28-/m0/s1. The Bertz CT molecular complexity index is 900. The van der Waals surface area contributed by atoms with Crippen molar-refractivity contribution in [1.29, 1.82) is 0 Å². The van der Waals surface area contributed by atoms with Crippen LogP contribution in [0.25, 0.3) is 0 Å². The molecule has 5 heteroatoms. The molecule has 1 aliphatic carbocycles. The second-order valence-corrected chi connectivity index (χ2v) is 9.93. The van der Waals surface area contributed by atoms with Crippen molar-refractivity contribution in [3.8, 4) is 5.75 Å². The van der Waals surface area contributed by atoms with Crippen LogP contribution in [0, 0.1) is 12.8 Å². The van der Waals surface area contributed by atoms with E-state index in [0.29, 0.717) is 12.5 Å². The molecule has 1 aliphatic heterocycles. The summed E-state index contributed by atoms with van der Waals surface area (Å²) in [6.07, 6.45) is 7.06. The summed E-state index contributed by atoms with van der Waals surface area (Å²) < 4.78 is 11.9. The van der Waals surface area contributed by atoms with Gasteiger partial charge in [-0.2, -0.15) is 0 Å². The number of rotatable bonds is 10. The minimum absolute atomic E-state index is 0.0546. The number of nitrogens with zero attached hydrogens (tertiary/aromatic N) is 2. The van der Waals surface area contributed by atoms with E-state index in [1.165, 1.54) is 36.8 Å². The van der Waals surface area contributed by atoms with Crippen LogP contribution in [0.15, 0.2) is 48.5 Å². The number of carbonyl (C=O) groups excluding carboxylic acids is 1. The van der Waals surface area contributed by atoms with E-state index in [9.17, 15) is 4.79 Å². The number of hydrogen-bond donors (Lipinski definition) is 0. The number of amides is 1. The molecule has 2 aliphatic rings. The zero-order valence-electron chi connectivity index (χ0n) is 20.9. The SMILES string of the molecule is COc1cccc([C@H](CN2CCN(C(=O)CCC3CCCC3)CC2)OCc2ccc(C)cc2)c1.